The van der Waals surface area contributed by atoms with Crippen LogP contribution >= 0.6 is 0 Å². The molecule has 4 saturated carbocycles. The summed E-state index contributed by atoms with van der Waals surface area (Å²) in [5.74, 6) is 3.62. The molecule has 4 bridgehead atoms. The van der Waals surface area contributed by atoms with Gasteiger partial charge >= 0.3 is 5.97 Å². The maximum atomic E-state index is 11.4. The van der Waals surface area contributed by atoms with Crippen LogP contribution in [0.25, 0.3) is 17.2 Å². The Balaban J connectivity index is 1.49. The van der Waals surface area contributed by atoms with Crippen molar-refractivity contribution in [1.82, 2.24) is 0 Å². The summed E-state index contributed by atoms with van der Waals surface area (Å²) in [6.45, 7) is 11.7. The largest absolute Gasteiger partial charge is 0.543 e. The van der Waals surface area contributed by atoms with Crippen LogP contribution in [0.5, 0.6) is 5.75 Å². The van der Waals surface area contributed by atoms with Gasteiger partial charge in [-0.3, -0.25) is 4.79 Å². The first-order valence-electron chi connectivity index (χ1n) is 14.2. The van der Waals surface area contributed by atoms with Crippen molar-refractivity contribution < 1.29 is 14.0 Å². The van der Waals surface area contributed by atoms with E-state index in [2.05, 4.69) is 76.3 Å². The minimum absolute atomic E-state index is 0.168. The Morgan fingerprint density at radius 3 is 2.05 bits per heavy atom. The summed E-state index contributed by atoms with van der Waals surface area (Å²) in [6, 6.07) is 15.7. The first-order valence-corrected chi connectivity index (χ1v) is 17.1. The molecule has 6 rings (SSSR count). The number of carbonyl (C=O) groups excluding carboxylic acids is 1. The molecule has 0 amide bonds. The molecule has 4 fully saturated rings. The van der Waals surface area contributed by atoms with Gasteiger partial charge < -0.3 is 9.16 Å². The molecule has 0 atom stereocenters. The Hall–Kier alpha value is -2.33. The van der Waals surface area contributed by atoms with E-state index in [1.807, 2.05) is 12.2 Å². The highest BCUT2D eigenvalue weighted by Gasteiger charge is 2.53. The van der Waals surface area contributed by atoms with Crippen molar-refractivity contribution in [1.29, 1.82) is 0 Å². The van der Waals surface area contributed by atoms with Crippen LogP contribution in [0.15, 0.2) is 48.5 Å². The van der Waals surface area contributed by atoms with E-state index in [0.29, 0.717) is 6.42 Å². The molecule has 0 aromatic heterocycles. The minimum Gasteiger partial charge on any atom is -0.543 e. The Bertz CT molecular complexity index is 1130. The summed E-state index contributed by atoms with van der Waals surface area (Å²) in [5, 5.41) is 0.168. The summed E-state index contributed by atoms with van der Waals surface area (Å²) in [5.41, 5.74) is 5.36. The van der Waals surface area contributed by atoms with Crippen molar-refractivity contribution in [3.05, 3.63) is 59.7 Å². The Kier molecular flexibility index (Phi) is 6.93. The third-order valence-electron chi connectivity index (χ3n) is 9.83. The second-order valence-electron chi connectivity index (χ2n) is 13.6. The molecule has 0 saturated heterocycles. The molecule has 3 nitrogen and oxygen atoms in total. The Labute approximate surface area is 224 Å². The molecule has 0 N–H and O–H groups in total. The lowest BCUT2D eigenvalue weighted by atomic mass is 9.48. The van der Waals surface area contributed by atoms with Gasteiger partial charge in [0.15, 0.2) is 0 Å². The number of rotatable bonds is 7. The second kappa shape index (κ2) is 9.76. The molecule has 4 aliphatic carbocycles. The van der Waals surface area contributed by atoms with E-state index in [0.717, 1.165) is 29.1 Å². The van der Waals surface area contributed by atoms with Crippen molar-refractivity contribution in [2.45, 2.75) is 89.3 Å². The van der Waals surface area contributed by atoms with Crippen molar-refractivity contribution in [3.63, 3.8) is 0 Å². The van der Waals surface area contributed by atoms with Crippen LogP contribution in [-0.4, -0.2) is 21.4 Å². The molecule has 0 radical (unpaired) electrons. The highest BCUT2D eigenvalue weighted by Crippen LogP contribution is 2.62. The quantitative estimate of drug-likeness (QED) is 0.272. The van der Waals surface area contributed by atoms with Crippen LogP contribution in [0.1, 0.15) is 76.8 Å². The predicted octanol–water partition coefficient (Wildman–Crippen LogP) is 8.78. The number of carbonyl (C=O) groups is 1. The number of esters is 1. The summed E-state index contributed by atoms with van der Waals surface area (Å²) in [4.78, 5) is 11.4. The summed E-state index contributed by atoms with van der Waals surface area (Å²) in [6.07, 6.45) is 12.5. The summed E-state index contributed by atoms with van der Waals surface area (Å²) in [7, 11) is -0.538. The van der Waals surface area contributed by atoms with E-state index in [1.54, 1.807) is 0 Å². The van der Waals surface area contributed by atoms with E-state index >= 15 is 0 Å². The molecule has 0 unspecified atom stereocenters. The third kappa shape index (κ3) is 5.32. The van der Waals surface area contributed by atoms with Crippen molar-refractivity contribution in [2.24, 2.45) is 17.8 Å². The third-order valence-corrected chi connectivity index (χ3v) is 14.2. The van der Waals surface area contributed by atoms with Gasteiger partial charge in [0, 0.05) is 0 Å². The zero-order valence-electron chi connectivity index (χ0n) is 23.6. The molecule has 37 heavy (non-hydrogen) atoms. The smallest absolute Gasteiger partial charge is 0.309 e. The highest BCUT2D eigenvalue weighted by atomic mass is 28.4. The van der Waals surface area contributed by atoms with Gasteiger partial charge in [0.05, 0.1) is 13.5 Å². The normalized spacial score (nSPS) is 27.0. The molecule has 4 heteroatoms. The minimum atomic E-state index is -1.96. The van der Waals surface area contributed by atoms with Gasteiger partial charge in [0.1, 0.15) is 5.75 Å². The van der Waals surface area contributed by atoms with Crippen LogP contribution in [-0.2, 0) is 14.9 Å². The average molecular weight is 517 g/mol. The fourth-order valence-corrected chi connectivity index (χ4v) is 8.28. The van der Waals surface area contributed by atoms with Crippen molar-refractivity contribution in [2.75, 3.05) is 7.11 Å². The van der Waals surface area contributed by atoms with Gasteiger partial charge in [-0.2, -0.15) is 0 Å². The van der Waals surface area contributed by atoms with Gasteiger partial charge in [-0.15, -0.1) is 0 Å². The fourth-order valence-electron chi connectivity index (χ4n) is 7.24. The zero-order chi connectivity index (χ0) is 26.4. The molecule has 2 aromatic rings. The summed E-state index contributed by atoms with van der Waals surface area (Å²) < 4.78 is 11.8. The lowest BCUT2D eigenvalue weighted by Gasteiger charge is -2.57. The fraction of sp³-hybridized carbons (Fsp3) is 0.545. The van der Waals surface area contributed by atoms with Gasteiger partial charge in [-0.05, 0) is 114 Å². The van der Waals surface area contributed by atoms with Gasteiger partial charge in [0.25, 0.3) is 0 Å². The first-order chi connectivity index (χ1) is 17.5. The average Bonchev–Trinajstić information content (AvgIpc) is 2.83. The monoisotopic (exact) mass is 516 g/mol. The van der Waals surface area contributed by atoms with Crippen LogP contribution < -0.4 is 4.43 Å². The molecule has 0 heterocycles. The second-order valence-corrected chi connectivity index (χ2v) is 18.3. The molecule has 4 aliphatic rings. The van der Waals surface area contributed by atoms with Crippen LogP contribution in [0.3, 0.4) is 0 Å². The van der Waals surface area contributed by atoms with E-state index < -0.39 is 8.32 Å². The number of hydrogen-bond donors (Lipinski definition) is 0. The van der Waals surface area contributed by atoms with E-state index in [1.165, 1.54) is 62.3 Å². The van der Waals surface area contributed by atoms with E-state index in [-0.39, 0.29) is 16.4 Å². The molecular formula is C33H44O3Si. The predicted molar refractivity (Wildman–Crippen MR) is 155 cm³/mol. The molecule has 0 aliphatic heterocycles. The lowest BCUT2D eigenvalue weighted by molar-refractivity contribution is -0.139. The van der Waals surface area contributed by atoms with E-state index in [9.17, 15) is 4.79 Å². The number of methoxy groups -OCH3 is 1. The van der Waals surface area contributed by atoms with Crippen molar-refractivity contribution >= 4 is 20.4 Å². The standard InChI is InChI=1S/C33H44O3Si/c1-32(2,3)37(5,6)36-30-15-14-28(27-12-10-23(11-13-27)8-7-9-31(34)35-4)19-29(30)33-20-24-16-25(21-33)18-26(17-24)22-33/h7-8,10-15,19,24-26H,9,16-18,20-22H2,1-6H3/b8-7+. The van der Waals surface area contributed by atoms with Crippen LogP contribution in [0.2, 0.25) is 18.1 Å². The zero-order valence-corrected chi connectivity index (χ0v) is 24.6. The number of benzene rings is 2. The Morgan fingerprint density at radius 2 is 1.51 bits per heavy atom. The SMILES string of the molecule is COC(=O)C/C=C/c1ccc(-c2ccc(O[Si](C)(C)C(C)(C)C)c(C34CC5CC(CC(C5)C3)C4)c2)cc1. The van der Waals surface area contributed by atoms with Crippen LogP contribution in [0.4, 0.5) is 0 Å². The highest BCUT2D eigenvalue weighted by molar-refractivity contribution is 6.74. The maximum Gasteiger partial charge on any atom is 0.309 e. The van der Waals surface area contributed by atoms with E-state index in [4.69, 9.17) is 9.16 Å². The number of ether oxygens (including phenoxy) is 1. The van der Waals surface area contributed by atoms with Gasteiger partial charge in [-0.25, -0.2) is 0 Å². The topological polar surface area (TPSA) is 35.5 Å². The molecule has 0 spiro atoms. The van der Waals surface area contributed by atoms with Gasteiger partial charge in [-0.1, -0.05) is 63.3 Å². The van der Waals surface area contributed by atoms with Crippen LogP contribution in [0, 0.1) is 17.8 Å². The number of hydrogen-bond acceptors (Lipinski definition) is 3. The first kappa shape index (κ1) is 26.3. The lowest BCUT2D eigenvalue weighted by Crippen LogP contribution is -2.49. The van der Waals surface area contributed by atoms with Gasteiger partial charge in [0.2, 0.25) is 8.32 Å². The maximum absolute atomic E-state index is 11.4. The summed E-state index contributed by atoms with van der Waals surface area (Å²) >= 11 is 0. The van der Waals surface area contributed by atoms with Crippen molar-refractivity contribution in [3.8, 4) is 16.9 Å². The molecule has 2 aromatic carbocycles. The Morgan fingerprint density at radius 1 is 0.946 bits per heavy atom. The molecule has 198 valence electrons. The molecular weight excluding hydrogens is 472 g/mol.